The lowest BCUT2D eigenvalue weighted by Gasteiger charge is -2.18. The maximum Gasteiger partial charge on any atom is 0.211 e. The highest BCUT2D eigenvalue weighted by atomic mass is 32.2. The van der Waals surface area contributed by atoms with Crippen molar-refractivity contribution in [1.29, 1.82) is 0 Å². The molecule has 1 rings (SSSR count). The molecule has 0 radical (unpaired) electrons. The van der Waals surface area contributed by atoms with E-state index >= 15 is 0 Å². The zero-order valence-corrected chi connectivity index (χ0v) is 11.7. The van der Waals surface area contributed by atoms with Gasteiger partial charge in [-0.25, -0.2) is 8.42 Å². The first kappa shape index (κ1) is 14.0. The van der Waals surface area contributed by atoms with Crippen molar-refractivity contribution < 1.29 is 8.42 Å². The van der Waals surface area contributed by atoms with E-state index < -0.39 is 10.0 Å². The summed E-state index contributed by atoms with van der Waals surface area (Å²) in [5, 5.41) is 0. The molecule has 5 heteroatoms. The first-order chi connectivity index (χ1) is 7.84. The Labute approximate surface area is 104 Å². The minimum absolute atomic E-state index is 0.434. The van der Waals surface area contributed by atoms with Gasteiger partial charge in [0.25, 0.3) is 0 Å². The molecular weight excluding hydrogens is 236 g/mol. The molecule has 0 aromatic heterocycles. The fourth-order valence-electron chi connectivity index (χ4n) is 1.57. The van der Waals surface area contributed by atoms with E-state index in [1.165, 1.54) is 10.6 Å². The zero-order valence-electron chi connectivity index (χ0n) is 10.8. The molecule has 0 aliphatic rings. The normalized spacial score (nSPS) is 11.8. The van der Waals surface area contributed by atoms with Crippen molar-refractivity contribution in [2.45, 2.75) is 13.5 Å². The van der Waals surface area contributed by atoms with Crippen LogP contribution in [-0.4, -0.2) is 39.6 Å². The van der Waals surface area contributed by atoms with Gasteiger partial charge in [0.1, 0.15) is 0 Å². The van der Waals surface area contributed by atoms with E-state index in [9.17, 15) is 8.42 Å². The standard InChI is InChI=1S/C12H20N2O2S/c1-5-14(17(4,15)16)10-11-6-8-12(9-7-11)13(2)3/h6-9H,5,10H2,1-4H3. The summed E-state index contributed by atoms with van der Waals surface area (Å²) in [6, 6.07) is 7.91. The monoisotopic (exact) mass is 256 g/mol. The van der Waals surface area contributed by atoms with Crippen LogP contribution in [0.4, 0.5) is 5.69 Å². The second kappa shape index (κ2) is 5.51. The van der Waals surface area contributed by atoms with Crippen LogP contribution in [0.25, 0.3) is 0 Å². The molecule has 1 aromatic carbocycles. The summed E-state index contributed by atoms with van der Waals surface area (Å²) in [6.45, 7) is 2.77. The van der Waals surface area contributed by atoms with Gasteiger partial charge in [-0.1, -0.05) is 19.1 Å². The summed E-state index contributed by atoms with van der Waals surface area (Å²) in [4.78, 5) is 2.01. The molecule has 0 N–H and O–H groups in total. The third-order valence-corrected chi connectivity index (χ3v) is 3.96. The van der Waals surface area contributed by atoms with Crippen LogP contribution in [-0.2, 0) is 16.6 Å². The van der Waals surface area contributed by atoms with Gasteiger partial charge in [-0.15, -0.1) is 0 Å². The molecule has 0 bridgehead atoms. The molecule has 0 atom stereocenters. The Balaban J connectivity index is 2.81. The molecule has 96 valence electrons. The van der Waals surface area contributed by atoms with Gasteiger partial charge in [-0.05, 0) is 17.7 Å². The predicted octanol–water partition coefficient (Wildman–Crippen LogP) is 1.53. The molecule has 0 saturated heterocycles. The number of hydrogen-bond donors (Lipinski definition) is 0. The van der Waals surface area contributed by atoms with Crippen LogP contribution >= 0.6 is 0 Å². The fraction of sp³-hybridized carbons (Fsp3) is 0.500. The van der Waals surface area contributed by atoms with Crippen molar-refractivity contribution in [3.63, 3.8) is 0 Å². The second-order valence-electron chi connectivity index (χ2n) is 4.25. The highest BCUT2D eigenvalue weighted by Crippen LogP contribution is 2.14. The van der Waals surface area contributed by atoms with E-state index in [2.05, 4.69) is 0 Å². The van der Waals surface area contributed by atoms with Crippen molar-refractivity contribution in [3.8, 4) is 0 Å². The zero-order chi connectivity index (χ0) is 13.1. The summed E-state index contributed by atoms with van der Waals surface area (Å²) in [5.41, 5.74) is 2.11. The summed E-state index contributed by atoms with van der Waals surface area (Å²) in [6.07, 6.45) is 1.24. The quantitative estimate of drug-likeness (QED) is 0.802. The van der Waals surface area contributed by atoms with E-state index in [0.717, 1.165) is 11.3 Å². The van der Waals surface area contributed by atoms with E-state index in [1.54, 1.807) is 0 Å². The Bertz CT molecular complexity index is 452. The van der Waals surface area contributed by atoms with Crippen LogP contribution in [0.2, 0.25) is 0 Å². The van der Waals surface area contributed by atoms with Crippen molar-refractivity contribution in [2.24, 2.45) is 0 Å². The van der Waals surface area contributed by atoms with Crippen LogP contribution in [0.3, 0.4) is 0 Å². The Kier molecular flexibility index (Phi) is 4.54. The first-order valence-electron chi connectivity index (χ1n) is 5.56. The van der Waals surface area contributed by atoms with Gasteiger partial charge in [0.15, 0.2) is 0 Å². The third-order valence-electron chi connectivity index (χ3n) is 2.63. The summed E-state index contributed by atoms with van der Waals surface area (Å²) in [5.74, 6) is 0. The predicted molar refractivity (Wildman–Crippen MR) is 71.7 cm³/mol. The molecule has 1 aromatic rings. The molecule has 0 spiro atoms. The van der Waals surface area contributed by atoms with Gasteiger partial charge in [-0.3, -0.25) is 0 Å². The Morgan fingerprint density at radius 2 is 1.65 bits per heavy atom. The number of sulfonamides is 1. The molecule has 0 amide bonds. The topological polar surface area (TPSA) is 40.6 Å². The van der Waals surface area contributed by atoms with Gasteiger partial charge in [-0.2, -0.15) is 4.31 Å². The van der Waals surface area contributed by atoms with Crippen LogP contribution in [0.15, 0.2) is 24.3 Å². The van der Waals surface area contributed by atoms with Crippen LogP contribution < -0.4 is 4.90 Å². The van der Waals surface area contributed by atoms with Crippen LogP contribution in [0.5, 0.6) is 0 Å². The largest absolute Gasteiger partial charge is 0.378 e. The Morgan fingerprint density at radius 1 is 1.12 bits per heavy atom. The maximum absolute atomic E-state index is 11.5. The number of nitrogens with zero attached hydrogens (tertiary/aromatic N) is 2. The number of benzene rings is 1. The SMILES string of the molecule is CCN(Cc1ccc(N(C)C)cc1)S(C)(=O)=O. The molecule has 0 saturated carbocycles. The van der Waals surface area contributed by atoms with E-state index in [0.29, 0.717) is 13.1 Å². The van der Waals surface area contributed by atoms with E-state index in [1.807, 2.05) is 50.2 Å². The third kappa shape index (κ3) is 4.02. The van der Waals surface area contributed by atoms with Crippen molar-refractivity contribution in [1.82, 2.24) is 4.31 Å². The van der Waals surface area contributed by atoms with Crippen molar-refractivity contribution in [2.75, 3.05) is 31.8 Å². The summed E-state index contributed by atoms with van der Waals surface area (Å²) in [7, 11) is 0.835. The fourth-order valence-corrected chi connectivity index (χ4v) is 2.42. The molecule has 0 heterocycles. The van der Waals surface area contributed by atoms with E-state index in [4.69, 9.17) is 0 Å². The average molecular weight is 256 g/mol. The highest BCUT2D eigenvalue weighted by molar-refractivity contribution is 7.88. The Hall–Kier alpha value is -1.07. The minimum Gasteiger partial charge on any atom is -0.378 e. The Morgan fingerprint density at radius 3 is 2.00 bits per heavy atom. The molecule has 0 aliphatic heterocycles. The maximum atomic E-state index is 11.5. The molecule has 0 unspecified atom stereocenters. The molecule has 0 aliphatic carbocycles. The number of rotatable bonds is 5. The lowest BCUT2D eigenvalue weighted by Crippen LogP contribution is -2.29. The smallest absolute Gasteiger partial charge is 0.211 e. The van der Waals surface area contributed by atoms with Gasteiger partial charge in [0, 0.05) is 32.9 Å². The van der Waals surface area contributed by atoms with Gasteiger partial charge < -0.3 is 4.90 Å². The van der Waals surface area contributed by atoms with Crippen LogP contribution in [0, 0.1) is 0 Å². The first-order valence-corrected chi connectivity index (χ1v) is 7.40. The molecule has 17 heavy (non-hydrogen) atoms. The highest BCUT2D eigenvalue weighted by Gasteiger charge is 2.14. The average Bonchev–Trinajstić information content (AvgIpc) is 2.24. The van der Waals surface area contributed by atoms with Crippen molar-refractivity contribution in [3.05, 3.63) is 29.8 Å². The lowest BCUT2D eigenvalue weighted by molar-refractivity contribution is 0.428. The molecular formula is C12H20N2O2S. The van der Waals surface area contributed by atoms with Gasteiger partial charge in [0.05, 0.1) is 6.26 Å². The number of anilines is 1. The van der Waals surface area contributed by atoms with Gasteiger partial charge in [0.2, 0.25) is 10.0 Å². The summed E-state index contributed by atoms with van der Waals surface area (Å²) < 4.78 is 24.4. The van der Waals surface area contributed by atoms with Crippen LogP contribution in [0.1, 0.15) is 12.5 Å². The number of hydrogen-bond acceptors (Lipinski definition) is 3. The molecule has 0 fully saturated rings. The second-order valence-corrected chi connectivity index (χ2v) is 6.23. The summed E-state index contributed by atoms with van der Waals surface area (Å²) >= 11 is 0. The lowest BCUT2D eigenvalue weighted by atomic mass is 10.2. The van der Waals surface area contributed by atoms with E-state index in [-0.39, 0.29) is 0 Å². The van der Waals surface area contributed by atoms with Gasteiger partial charge >= 0.3 is 0 Å². The minimum atomic E-state index is -3.12. The van der Waals surface area contributed by atoms with Crippen molar-refractivity contribution >= 4 is 15.7 Å². The molecule has 4 nitrogen and oxygen atoms in total.